The van der Waals surface area contributed by atoms with Gasteiger partial charge in [0.25, 0.3) is 0 Å². The lowest BCUT2D eigenvalue weighted by Crippen LogP contribution is -2.46. The fraction of sp³-hybridized carbons (Fsp3) is 0.533. The van der Waals surface area contributed by atoms with Crippen molar-refractivity contribution in [2.45, 2.75) is 32.9 Å². The van der Waals surface area contributed by atoms with E-state index in [1.165, 1.54) is 0 Å². The van der Waals surface area contributed by atoms with Gasteiger partial charge in [-0.3, -0.25) is 4.90 Å². The van der Waals surface area contributed by atoms with Crippen LogP contribution in [0.25, 0.3) is 0 Å². The zero-order chi connectivity index (χ0) is 14.5. The van der Waals surface area contributed by atoms with E-state index in [4.69, 9.17) is 10.00 Å². The van der Waals surface area contributed by atoms with Gasteiger partial charge < -0.3 is 9.84 Å². The summed E-state index contributed by atoms with van der Waals surface area (Å²) in [7, 11) is 1.62. The van der Waals surface area contributed by atoms with E-state index in [0.717, 1.165) is 17.9 Å². The van der Waals surface area contributed by atoms with E-state index in [2.05, 4.69) is 17.9 Å². The molecule has 0 atom stereocenters. The lowest BCUT2D eigenvalue weighted by molar-refractivity contribution is 0.0546. The first-order valence-electron chi connectivity index (χ1n) is 6.41. The highest BCUT2D eigenvalue weighted by Crippen LogP contribution is 2.24. The number of benzene rings is 1. The summed E-state index contributed by atoms with van der Waals surface area (Å²) in [4.78, 5) is 2.16. The summed E-state index contributed by atoms with van der Waals surface area (Å²) in [5.41, 5.74) is 1.28. The molecule has 0 heterocycles. The van der Waals surface area contributed by atoms with Crippen molar-refractivity contribution in [1.82, 2.24) is 4.90 Å². The van der Waals surface area contributed by atoms with Crippen molar-refractivity contribution in [2.24, 2.45) is 0 Å². The molecule has 0 fully saturated rings. The normalized spacial score (nSPS) is 11.4. The van der Waals surface area contributed by atoms with Gasteiger partial charge in [-0.1, -0.05) is 6.92 Å². The van der Waals surface area contributed by atoms with Crippen LogP contribution in [0, 0.1) is 11.3 Å². The Labute approximate surface area is 115 Å². The number of nitrogens with zero attached hydrogens (tertiary/aromatic N) is 2. The fourth-order valence-corrected chi connectivity index (χ4v) is 2.03. The van der Waals surface area contributed by atoms with E-state index >= 15 is 0 Å². The highest BCUT2D eigenvalue weighted by Gasteiger charge is 2.25. The first-order valence-corrected chi connectivity index (χ1v) is 6.41. The lowest BCUT2D eigenvalue weighted by Gasteiger charge is -2.36. The van der Waals surface area contributed by atoms with Crippen LogP contribution in [0.3, 0.4) is 0 Å². The molecule has 0 radical (unpaired) electrons. The van der Waals surface area contributed by atoms with Crippen molar-refractivity contribution in [1.29, 1.82) is 5.26 Å². The number of likely N-dealkylation sites (N-methyl/N-ethyl adjacent to an activating group) is 1. The Kier molecular flexibility index (Phi) is 5.34. The van der Waals surface area contributed by atoms with Crippen molar-refractivity contribution in [3.8, 4) is 11.8 Å². The highest BCUT2D eigenvalue weighted by atomic mass is 16.5. The summed E-state index contributed by atoms with van der Waals surface area (Å²) < 4.78 is 5.34. The van der Waals surface area contributed by atoms with Gasteiger partial charge in [-0.15, -0.1) is 0 Å². The van der Waals surface area contributed by atoms with Gasteiger partial charge in [0.05, 0.1) is 25.3 Å². The van der Waals surface area contributed by atoms with Gasteiger partial charge in [0, 0.05) is 17.6 Å². The van der Waals surface area contributed by atoms with Crippen LogP contribution in [0.1, 0.15) is 31.9 Å². The fourth-order valence-electron chi connectivity index (χ4n) is 2.03. The highest BCUT2D eigenvalue weighted by molar-refractivity contribution is 5.42. The molecule has 1 rings (SSSR count). The molecule has 4 heteroatoms. The number of ether oxygens (including phenoxy) is 1. The Morgan fingerprint density at radius 3 is 2.58 bits per heavy atom. The van der Waals surface area contributed by atoms with Crippen LogP contribution in [0.2, 0.25) is 0 Å². The molecule has 0 unspecified atom stereocenters. The number of hydrogen-bond acceptors (Lipinski definition) is 4. The van der Waals surface area contributed by atoms with Crippen molar-refractivity contribution in [3.63, 3.8) is 0 Å². The summed E-state index contributed by atoms with van der Waals surface area (Å²) in [5, 5.41) is 18.5. The summed E-state index contributed by atoms with van der Waals surface area (Å²) in [6, 6.07) is 7.54. The largest absolute Gasteiger partial charge is 0.496 e. The average Bonchev–Trinajstić information content (AvgIpc) is 2.44. The average molecular weight is 262 g/mol. The van der Waals surface area contributed by atoms with Crippen molar-refractivity contribution >= 4 is 0 Å². The van der Waals surface area contributed by atoms with Crippen molar-refractivity contribution < 1.29 is 9.84 Å². The van der Waals surface area contributed by atoms with Gasteiger partial charge in [0.15, 0.2) is 0 Å². The topological polar surface area (TPSA) is 56.5 Å². The first-order chi connectivity index (χ1) is 8.98. The van der Waals surface area contributed by atoms with Gasteiger partial charge >= 0.3 is 0 Å². The van der Waals surface area contributed by atoms with Crippen LogP contribution in [0.15, 0.2) is 18.2 Å². The van der Waals surface area contributed by atoms with Crippen LogP contribution >= 0.6 is 0 Å². The van der Waals surface area contributed by atoms with E-state index in [0.29, 0.717) is 12.1 Å². The monoisotopic (exact) mass is 262 g/mol. The molecule has 0 aromatic heterocycles. The number of aliphatic hydroxyl groups excluding tert-OH is 1. The number of nitriles is 1. The zero-order valence-corrected chi connectivity index (χ0v) is 12.1. The number of methoxy groups -OCH3 is 1. The Hall–Kier alpha value is -1.57. The Balaban J connectivity index is 3.06. The molecule has 0 amide bonds. The first kappa shape index (κ1) is 15.5. The third-order valence-corrected chi connectivity index (χ3v) is 3.40. The molecule has 0 aliphatic rings. The maximum absolute atomic E-state index is 9.48. The Morgan fingerprint density at radius 2 is 2.11 bits per heavy atom. The zero-order valence-electron chi connectivity index (χ0n) is 12.1. The molecular weight excluding hydrogens is 240 g/mol. The minimum Gasteiger partial charge on any atom is -0.496 e. The second-order valence-corrected chi connectivity index (χ2v) is 5.12. The van der Waals surface area contributed by atoms with E-state index in [1.807, 2.05) is 26.0 Å². The number of aliphatic hydroxyl groups is 1. The Bertz CT molecular complexity index is 464. The molecule has 0 saturated heterocycles. The smallest absolute Gasteiger partial charge is 0.123 e. The van der Waals surface area contributed by atoms with Crippen LogP contribution in [-0.2, 0) is 6.54 Å². The molecule has 1 aromatic rings. The van der Waals surface area contributed by atoms with Gasteiger partial charge in [0.1, 0.15) is 5.75 Å². The molecule has 0 aliphatic heterocycles. The van der Waals surface area contributed by atoms with Gasteiger partial charge in [-0.25, -0.2) is 0 Å². The third kappa shape index (κ3) is 3.69. The predicted molar refractivity (Wildman–Crippen MR) is 75.0 cm³/mol. The SMILES string of the molecule is CCN(Cc1cc(C#N)ccc1OC)C(C)(C)CO. The maximum atomic E-state index is 9.48. The van der Waals surface area contributed by atoms with Crippen LogP contribution in [0.5, 0.6) is 5.75 Å². The molecule has 0 spiro atoms. The van der Waals surface area contributed by atoms with Crippen molar-refractivity contribution in [2.75, 3.05) is 20.3 Å². The molecular formula is C15H22N2O2. The molecule has 1 N–H and O–H groups in total. The molecule has 19 heavy (non-hydrogen) atoms. The summed E-state index contributed by atoms with van der Waals surface area (Å²) >= 11 is 0. The van der Waals surface area contributed by atoms with Crippen LogP contribution < -0.4 is 4.74 Å². The molecule has 104 valence electrons. The van der Waals surface area contributed by atoms with Gasteiger partial charge in [0.2, 0.25) is 0 Å². The summed E-state index contributed by atoms with van der Waals surface area (Å²) in [6.45, 7) is 7.59. The second kappa shape index (κ2) is 6.55. The summed E-state index contributed by atoms with van der Waals surface area (Å²) in [6.07, 6.45) is 0. The lowest BCUT2D eigenvalue weighted by atomic mass is 10.0. The standard InChI is InChI=1S/C15H22N2O2/c1-5-17(15(2,3)11-18)10-13-8-12(9-16)6-7-14(13)19-4/h6-8,18H,5,10-11H2,1-4H3. The third-order valence-electron chi connectivity index (χ3n) is 3.40. The summed E-state index contributed by atoms with van der Waals surface area (Å²) in [5.74, 6) is 0.770. The van der Waals surface area contributed by atoms with E-state index in [-0.39, 0.29) is 12.1 Å². The van der Waals surface area contributed by atoms with E-state index in [9.17, 15) is 5.11 Å². The maximum Gasteiger partial charge on any atom is 0.123 e. The quantitative estimate of drug-likeness (QED) is 0.853. The molecule has 4 nitrogen and oxygen atoms in total. The van der Waals surface area contributed by atoms with E-state index in [1.54, 1.807) is 13.2 Å². The number of rotatable bonds is 6. The van der Waals surface area contributed by atoms with E-state index < -0.39 is 0 Å². The molecule has 0 bridgehead atoms. The van der Waals surface area contributed by atoms with Gasteiger partial charge in [-0.05, 0) is 38.6 Å². The van der Waals surface area contributed by atoms with Crippen LogP contribution in [-0.4, -0.2) is 35.8 Å². The predicted octanol–water partition coefficient (Wildman–Crippen LogP) is 2.16. The molecule has 0 saturated carbocycles. The second-order valence-electron chi connectivity index (χ2n) is 5.12. The van der Waals surface area contributed by atoms with Gasteiger partial charge in [-0.2, -0.15) is 5.26 Å². The Morgan fingerprint density at radius 1 is 1.42 bits per heavy atom. The van der Waals surface area contributed by atoms with Crippen molar-refractivity contribution in [3.05, 3.63) is 29.3 Å². The number of hydrogen-bond donors (Lipinski definition) is 1. The minimum absolute atomic E-state index is 0.0844. The molecule has 0 aliphatic carbocycles. The molecule has 1 aromatic carbocycles. The minimum atomic E-state index is -0.303. The van der Waals surface area contributed by atoms with Crippen LogP contribution in [0.4, 0.5) is 0 Å².